The molecule has 0 aliphatic carbocycles. The van der Waals surface area contributed by atoms with Crippen LogP contribution in [0.25, 0.3) is 5.52 Å². The molecule has 1 aliphatic heterocycles. The Kier molecular flexibility index (Phi) is 4.22. The number of halogens is 1. The molecule has 1 saturated heterocycles. The minimum atomic E-state index is -0.138. The van der Waals surface area contributed by atoms with Crippen molar-refractivity contribution in [3.63, 3.8) is 0 Å². The van der Waals surface area contributed by atoms with E-state index in [2.05, 4.69) is 41.2 Å². The van der Waals surface area contributed by atoms with E-state index in [1.807, 2.05) is 24.4 Å². The maximum Gasteiger partial charge on any atom is 0.323 e. The van der Waals surface area contributed by atoms with Gasteiger partial charge in [0, 0.05) is 55.3 Å². The van der Waals surface area contributed by atoms with Crippen molar-refractivity contribution >= 4 is 39.1 Å². The summed E-state index contributed by atoms with van der Waals surface area (Å²) in [5.41, 5.74) is 0.922. The van der Waals surface area contributed by atoms with E-state index in [-0.39, 0.29) is 6.03 Å². The molecule has 4 heterocycles. The molecule has 9 heteroatoms. The zero-order chi connectivity index (χ0) is 17.2. The number of carbonyl (C=O) groups is 1. The molecule has 1 N–H and O–H groups in total. The van der Waals surface area contributed by atoms with Gasteiger partial charge in [0.25, 0.3) is 0 Å². The van der Waals surface area contributed by atoms with Crippen molar-refractivity contribution in [3.8, 4) is 0 Å². The number of pyridine rings is 1. The highest BCUT2D eigenvalue weighted by molar-refractivity contribution is 9.10. The zero-order valence-electron chi connectivity index (χ0n) is 13.3. The predicted molar refractivity (Wildman–Crippen MR) is 97.7 cm³/mol. The normalized spacial score (nSPS) is 14.8. The number of rotatable bonds is 2. The van der Waals surface area contributed by atoms with Crippen molar-refractivity contribution < 1.29 is 4.79 Å². The van der Waals surface area contributed by atoms with Crippen molar-refractivity contribution in [1.82, 2.24) is 24.5 Å². The third-order valence-corrected chi connectivity index (χ3v) is 4.57. The van der Waals surface area contributed by atoms with Gasteiger partial charge in [-0.05, 0) is 28.1 Å². The van der Waals surface area contributed by atoms with Crippen LogP contribution in [-0.4, -0.2) is 56.7 Å². The molecule has 0 atom stereocenters. The molecule has 0 aromatic carbocycles. The number of nitrogens with zero attached hydrogens (tertiary/aromatic N) is 6. The van der Waals surface area contributed by atoms with Gasteiger partial charge in [-0.1, -0.05) is 0 Å². The largest absolute Gasteiger partial charge is 0.352 e. The number of nitrogens with one attached hydrogen (secondary N) is 1. The quantitative estimate of drug-likeness (QED) is 0.712. The topological polar surface area (TPSA) is 78.7 Å². The van der Waals surface area contributed by atoms with Crippen LogP contribution in [0.15, 0.2) is 47.5 Å². The van der Waals surface area contributed by atoms with Crippen LogP contribution in [0.1, 0.15) is 0 Å². The highest BCUT2D eigenvalue weighted by atomic mass is 79.9. The Morgan fingerprint density at radius 2 is 2.00 bits per heavy atom. The Bertz CT molecular complexity index is 890. The molecule has 0 radical (unpaired) electrons. The van der Waals surface area contributed by atoms with E-state index in [1.54, 1.807) is 28.0 Å². The van der Waals surface area contributed by atoms with Crippen molar-refractivity contribution in [2.24, 2.45) is 0 Å². The molecule has 128 valence electrons. The molecule has 0 unspecified atom stereocenters. The minimum absolute atomic E-state index is 0.138. The molecule has 3 aromatic heterocycles. The molecule has 4 rings (SSSR count). The number of amides is 2. The SMILES string of the molecule is O=C(Nc1cc2ccc(Br)cn2n1)N1CCN(c2cnccn2)CC1. The Morgan fingerprint density at radius 3 is 2.76 bits per heavy atom. The number of anilines is 2. The molecule has 1 aliphatic rings. The predicted octanol–water partition coefficient (Wildman–Crippen LogP) is 2.24. The van der Waals surface area contributed by atoms with E-state index in [4.69, 9.17) is 0 Å². The summed E-state index contributed by atoms with van der Waals surface area (Å²) in [6.07, 6.45) is 6.92. The van der Waals surface area contributed by atoms with Gasteiger partial charge < -0.3 is 9.80 Å². The fourth-order valence-corrected chi connectivity index (χ4v) is 3.13. The maximum absolute atomic E-state index is 12.5. The zero-order valence-corrected chi connectivity index (χ0v) is 14.9. The molecule has 3 aromatic rings. The lowest BCUT2D eigenvalue weighted by Crippen LogP contribution is -2.50. The summed E-state index contributed by atoms with van der Waals surface area (Å²) in [5, 5.41) is 7.24. The van der Waals surface area contributed by atoms with Gasteiger partial charge in [-0.25, -0.2) is 14.3 Å². The summed E-state index contributed by atoms with van der Waals surface area (Å²) < 4.78 is 2.66. The second kappa shape index (κ2) is 6.67. The van der Waals surface area contributed by atoms with Crippen LogP contribution in [-0.2, 0) is 0 Å². The van der Waals surface area contributed by atoms with Crippen LogP contribution in [0.3, 0.4) is 0 Å². The van der Waals surface area contributed by atoms with E-state index in [1.165, 1.54) is 0 Å². The lowest BCUT2D eigenvalue weighted by atomic mass is 10.3. The Hall–Kier alpha value is -2.68. The molecule has 8 nitrogen and oxygen atoms in total. The van der Waals surface area contributed by atoms with Crippen LogP contribution in [0.2, 0.25) is 0 Å². The van der Waals surface area contributed by atoms with Crippen LogP contribution < -0.4 is 10.2 Å². The highest BCUT2D eigenvalue weighted by Crippen LogP contribution is 2.16. The first-order valence-corrected chi connectivity index (χ1v) is 8.70. The smallest absolute Gasteiger partial charge is 0.323 e. The van der Waals surface area contributed by atoms with Gasteiger partial charge >= 0.3 is 6.03 Å². The second-order valence-electron chi connectivity index (χ2n) is 5.71. The summed E-state index contributed by atoms with van der Waals surface area (Å²) in [7, 11) is 0. The standard InChI is InChI=1S/C16H16BrN7O/c17-12-1-2-13-9-14(21-24(13)11-12)20-16(25)23-7-5-22(6-8-23)15-10-18-3-4-19-15/h1-4,9-11H,5-8H2,(H,20,21,25). The van der Waals surface area contributed by atoms with Gasteiger partial charge in [0.05, 0.1) is 11.7 Å². The molecule has 25 heavy (non-hydrogen) atoms. The van der Waals surface area contributed by atoms with Crippen molar-refractivity contribution in [3.05, 3.63) is 47.5 Å². The third-order valence-electron chi connectivity index (χ3n) is 4.10. The molecule has 0 saturated carbocycles. The van der Waals surface area contributed by atoms with E-state index in [0.29, 0.717) is 18.9 Å². The summed E-state index contributed by atoms with van der Waals surface area (Å²) in [4.78, 5) is 24.8. The first kappa shape index (κ1) is 15.8. The molecular weight excluding hydrogens is 386 g/mol. The summed E-state index contributed by atoms with van der Waals surface area (Å²) in [6.45, 7) is 2.71. The van der Waals surface area contributed by atoms with Gasteiger partial charge in [0.2, 0.25) is 0 Å². The Balaban J connectivity index is 1.38. The van der Waals surface area contributed by atoms with Crippen LogP contribution in [0.4, 0.5) is 16.4 Å². The summed E-state index contributed by atoms with van der Waals surface area (Å²) in [5.74, 6) is 1.38. The maximum atomic E-state index is 12.5. The van der Waals surface area contributed by atoms with Crippen molar-refractivity contribution in [1.29, 1.82) is 0 Å². The lowest BCUT2D eigenvalue weighted by Gasteiger charge is -2.34. The number of piperazine rings is 1. The van der Waals surface area contributed by atoms with E-state index in [0.717, 1.165) is 28.9 Å². The Labute approximate surface area is 152 Å². The van der Waals surface area contributed by atoms with E-state index in [9.17, 15) is 4.79 Å². The first-order valence-electron chi connectivity index (χ1n) is 7.91. The Morgan fingerprint density at radius 1 is 1.16 bits per heavy atom. The minimum Gasteiger partial charge on any atom is -0.352 e. The van der Waals surface area contributed by atoms with Gasteiger partial charge in [-0.3, -0.25) is 10.3 Å². The fourth-order valence-electron chi connectivity index (χ4n) is 2.80. The number of hydrogen-bond donors (Lipinski definition) is 1. The molecule has 0 spiro atoms. The average molecular weight is 402 g/mol. The number of hydrogen-bond acceptors (Lipinski definition) is 5. The summed E-state index contributed by atoms with van der Waals surface area (Å²) in [6, 6.07) is 5.59. The van der Waals surface area contributed by atoms with Crippen LogP contribution in [0.5, 0.6) is 0 Å². The van der Waals surface area contributed by atoms with Crippen LogP contribution >= 0.6 is 15.9 Å². The molecule has 1 fully saturated rings. The second-order valence-corrected chi connectivity index (χ2v) is 6.63. The number of carbonyl (C=O) groups excluding carboxylic acids is 1. The lowest BCUT2D eigenvalue weighted by molar-refractivity contribution is 0.208. The number of aromatic nitrogens is 4. The molecule has 2 amide bonds. The van der Waals surface area contributed by atoms with Gasteiger partial charge in [-0.15, -0.1) is 5.10 Å². The van der Waals surface area contributed by atoms with E-state index >= 15 is 0 Å². The van der Waals surface area contributed by atoms with Gasteiger partial charge in [0.1, 0.15) is 5.82 Å². The molecular formula is C16H16BrN7O. The monoisotopic (exact) mass is 401 g/mol. The van der Waals surface area contributed by atoms with Crippen LogP contribution in [0, 0.1) is 0 Å². The van der Waals surface area contributed by atoms with Crippen molar-refractivity contribution in [2.75, 3.05) is 36.4 Å². The average Bonchev–Trinajstić information content (AvgIpc) is 3.04. The fraction of sp³-hybridized carbons (Fsp3) is 0.250. The molecule has 0 bridgehead atoms. The first-order chi connectivity index (χ1) is 12.2. The number of urea groups is 1. The summed E-state index contributed by atoms with van der Waals surface area (Å²) >= 11 is 3.41. The number of fused-ring (bicyclic) bond motifs is 1. The third kappa shape index (κ3) is 3.41. The highest BCUT2D eigenvalue weighted by Gasteiger charge is 2.22. The van der Waals surface area contributed by atoms with Crippen molar-refractivity contribution in [2.45, 2.75) is 0 Å². The van der Waals surface area contributed by atoms with Gasteiger partial charge in [-0.2, -0.15) is 0 Å². The van der Waals surface area contributed by atoms with Gasteiger partial charge in [0.15, 0.2) is 5.82 Å². The van der Waals surface area contributed by atoms with E-state index < -0.39 is 0 Å².